The molecule has 0 aliphatic carbocycles. The highest BCUT2D eigenvalue weighted by atomic mass is 127. The zero-order chi connectivity index (χ0) is 22.2. The quantitative estimate of drug-likeness (QED) is 0.328. The van der Waals surface area contributed by atoms with E-state index >= 15 is 0 Å². The number of methoxy groups -OCH3 is 1. The number of aliphatic imine (C=N–C) groups is 1. The van der Waals surface area contributed by atoms with E-state index in [4.69, 9.17) is 14.5 Å². The van der Waals surface area contributed by atoms with Crippen LogP contribution in [0.1, 0.15) is 12.5 Å². The molecule has 8 nitrogen and oxygen atoms in total. The molecular formula is C24H35IN6O2. The smallest absolute Gasteiger partial charge is 0.194 e. The van der Waals surface area contributed by atoms with Gasteiger partial charge in [-0.3, -0.25) is 0 Å². The Kier molecular flexibility index (Phi) is 9.86. The molecule has 0 amide bonds. The number of pyridine rings is 1. The summed E-state index contributed by atoms with van der Waals surface area (Å²) in [4.78, 5) is 16.7. The minimum absolute atomic E-state index is 0. The number of anilines is 2. The van der Waals surface area contributed by atoms with E-state index in [1.807, 2.05) is 24.4 Å². The number of guanidine groups is 1. The lowest BCUT2D eigenvalue weighted by molar-refractivity contribution is 0.122. The molecule has 180 valence electrons. The van der Waals surface area contributed by atoms with Crippen LogP contribution >= 0.6 is 24.0 Å². The van der Waals surface area contributed by atoms with Crippen molar-refractivity contribution in [3.8, 4) is 5.75 Å². The Morgan fingerprint density at radius 3 is 2.42 bits per heavy atom. The maximum absolute atomic E-state index is 5.50. The summed E-state index contributed by atoms with van der Waals surface area (Å²) >= 11 is 0. The molecule has 2 aliphatic rings. The molecule has 0 atom stereocenters. The van der Waals surface area contributed by atoms with Crippen LogP contribution in [0.25, 0.3) is 0 Å². The molecule has 2 aromatic rings. The Bertz CT molecular complexity index is 881. The van der Waals surface area contributed by atoms with Gasteiger partial charge in [0.15, 0.2) is 5.96 Å². The third-order valence-electron chi connectivity index (χ3n) is 5.93. The van der Waals surface area contributed by atoms with Gasteiger partial charge in [-0.05, 0) is 37.3 Å². The molecule has 2 fully saturated rings. The lowest BCUT2D eigenvalue weighted by Crippen LogP contribution is -2.52. The van der Waals surface area contributed by atoms with Gasteiger partial charge in [-0.25, -0.2) is 9.98 Å². The number of ether oxygens (including phenoxy) is 2. The minimum Gasteiger partial charge on any atom is -0.497 e. The zero-order valence-electron chi connectivity index (χ0n) is 19.6. The first-order chi connectivity index (χ1) is 15.8. The fourth-order valence-corrected chi connectivity index (χ4v) is 4.17. The van der Waals surface area contributed by atoms with E-state index in [0.29, 0.717) is 6.54 Å². The summed E-state index contributed by atoms with van der Waals surface area (Å²) < 4.78 is 10.8. The van der Waals surface area contributed by atoms with Crippen molar-refractivity contribution < 1.29 is 9.47 Å². The van der Waals surface area contributed by atoms with E-state index in [1.54, 1.807) is 7.11 Å². The number of benzene rings is 1. The second-order valence-corrected chi connectivity index (χ2v) is 7.93. The fourth-order valence-electron chi connectivity index (χ4n) is 4.17. The third kappa shape index (κ3) is 6.63. The molecule has 1 aromatic carbocycles. The second kappa shape index (κ2) is 12.8. The van der Waals surface area contributed by atoms with E-state index in [2.05, 4.69) is 50.1 Å². The highest BCUT2D eigenvalue weighted by molar-refractivity contribution is 14.0. The van der Waals surface area contributed by atoms with Gasteiger partial charge in [0.2, 0.25) is 0 Å². The summed E-state index contributed by atoms with van der Waals surface area (Å²) in [6, 6.07) is 12.4. The topological polar surface area (TPSA) is 65.5 Å². The highest BCUT2D eigenvalue weighted by Crippen LogP contribution is 2.21. The van der Waals surface area contributed by atoms with Crippen molar-refractivity contribution >= 4 is 41.4 Å². The molecule has 9 heteroatoms. The number of hydrogen-bond acceptors (Lipinski definition) is 6. The zero-order valence-corrected chi connectivity index (χ0v) is 21.9. The lowest BCUT2D eigenvalue weighted by atomic mass is 10.2. The minimum atomic E-state index is 0. The van der Waals surface area contributed by atoms with Crippen molar-refractivity contribution in [2.45, 2.75) is 13.5 Å². The SMILES string of the molecule is CCNC(=NCc1cccnc1N1CCOCC1)N1CCN(c2ccc(OC)cc2)CC1.I. The number of piperazine rings is 1. The summed E-state index contributed by atoms with van der Waals surface area (Å²) in [6.07, 6.45) is 1.86. The standard InChI is InChI=1S/C24H34N6O2.HI/c1-3-25-24(27-19-20-5-4-10-26-23(20)29-15-17-32-18-16-29)30-13-11-28(12-14-30)21-6-8-22(31-2)9-7-21;/h4-10H,3,11-19H2,1-2H3,(H,25,27);1H. The molecule has 2 aliphatic heterocycles. The van der Waals surface area contributed by atoms with Gasteiger partial charge in [-0.2, -0.15) is 0 Å². The third-order valence-corrected chi connectivity index (χ3v) is 5.93. The van der Waals surface area contributed by atoms with Gasteiger partial charge in [0, 0.05) is 63.3 Å². The van der Waals surface area contributed by atoms with Gasteiger partial charge in [0.25, 0.3) is 0 Å². The van der Waals surface area contributed by atoms with E-state index in [0.717, 1.165) is 82.1 Å². The average Bonchev–Trinajstić information content (AvgIpc) is 2.87. The molecule has 0 saturated carbocycles. The van der Waals surface area contributed by atoms with Crippen LogP contribution in [-0.2, 0) is 11.3 Å². The van der Waals surface area contributed by atoms with Crippen LogP contribution in [0, 0.1) is 0 Å². The van der Waals surface area contributed by atoms with Gasteiger partial charge < -0.3 is 29.5 Å². The van der Waals surface area contributed by atoms with Gasteiger partial charge >= 0.3 is 0 Å². The molecule has 1 N–H and O–H groups in total. The Morgan fingerprint density at radius 1 is 1.03 bits per heavy atom. The molecular weight excluding hydrogens is 531 g/mol. The number of morpholine rings is 1. The van der Waals surface area contributed by atoms with E-state index in [-0.39, 0.29) is 24.0 Å². The Morgan fingerprint density at radius 2 is 1.76 bits per heavy atom. The monoisotopic (exact) mass is 566 g/mol. The largest absolute Gasteiger partial charge is 0.497 e. The molecule has 1 aromatic heterocycles. The van der Waals surface area contributed by atoms with Crippen molar-refractivity contribution in [2.75, 3.05) is 75.9 Å². The number of nitrogens with zero attached hydrogens (tertiary/aromatic N) is 5. The summed E-state index contributed by atoms with van der Waals surface area (Å²) in [5.74, 6) is 2.89. The van der Waals surface area contributed by atoms with Crippen LogP contribution in [0.3, 0.4) is 0 Å². The normalized spacial score (nSPS) is 16.9. The van der Waals surface area contributed by atoms with Crippen LogP contribution < -0.4 is 19.9 Å². The van der Waals surface area contributed by atoms with Crippen molar-refractivity contribution in [3.05, 3.63) is 48.2 Å². The predicted molar refractivity (Wildman–Crippen MR) is 144 cm³/mol. The van der Waals surface area contributed by atoms with Crippen LogP contribution in [0.4, 0.5) is 11.5 Å². The summed E-state index contributed by atoms with van der Waals surface area (Å²) in [5, 5.41) is 3.48. The summed E-state index contributed by atoms with van der Waals surface area (Å²) in [5.41, 5.74) is 2.39. The molecule has 4 rings (SSSR count). The maximum Gasteiger partial charge on any atom is 0.194 e. The first kappa shape index (κ1) is 25.4. The number of aromatic nitrogens is 1. The Balaban J connectivity index is 0.00000306. The van der Waals surface area contributed by atoms with Crippen molar-refractivity contribution in [3.63, 3.8) is 0 Å². The van der Waals surface area contributed by atoms with Gasteiger partial charge in [0.1, 0.15) is 11.6 Å². The summed E-state index contributed by atoms with van der Waals surface area (Å²) in [6.45, 7) is 10.6. The lowest BCUT2D eigenvalue weighted by Gasteiger charge is -2.37. The summed E-state index contributed by atoms with van der Waals surface area (Å²) in [7, 11) is 1.70. The molecule has 0 radical (unpaired) electrons. The van der Waals surface area contributed by atoms with E-state index in [1.165, 1.54) is 5.69 Å². The molecule has 0 unspecified atom stereocenters. The second-order valence-electron chi connectivity index (χ2n) is 7.93. The van der Waals surface area contributed by atoms with E-state index < -0.39 is 0 Å². The maximum atomic E-state index is 5.50. The highest BCUT2D eigenvalue weighted by Gasteiger charge is 2.21. The number of hydrogen-bond donors (Lipinski definition) is 1. The van der Waals surface area contributed by atoms with Crippen molar-refractivity contribution in [1.82, 2.24) is 15.2 Å². The average molecular weight is 566 g/mol. The van der Waals surface area contributed by atoms with Crippen LogP contribution in [0.5, 0.6) is 5.75 Å². The Labute approximate surface area is 214 Å². The molecule has 0 spiro atoms. The van der Waals surface area contributed by atoms with Crippen molar-refractivity contribution in [1.29, 1.82) is 0 Å². The van der Waals surface area contributed by atoms with Gasteiger partial charge in [-0.15, -0.1) is 24.0 Å². The first-order valence-electron chi connectivity index (χ1n) is 11.5. The van der Waals surface area contributed by atoms with Crippen LogP contribution in [0.2, 0.25) is 0 Å². The molecule has 3 heterocycles. The fraction of sp³-hybridized carbons (Fsp3) is 0.500. The molecule has 33 heavy (non-hydrogen) atoms. The van der Waals surface area contributed by atoms with E-state index in [9.17, 15) is 0 Å². The number of rotatable bonds is 6. The number of nitrogens with one attached hydrogen (secondary N) is 1. The van der Waals surface area contributed by atoms with Crippen molar-refractivity contribution in [2.24, 2.45) is 4.99 Å². The Hall–Kier alpha value is -2.27. The predicted octanol–water partition coefficient (Wildman–Crippen LogP) is 2.83. The molecule has 2 saturated heterocycles. The van der Waals surface area contributed by atoms with Gasteiger partial charge in [-0.1, -0.05) is 6.07 Å². The molecule has 0 bridgehead atoms. The van der Waals surface area contributed by atoms with Gasteiger partial charge in [0.05, 0.1) is 26.9 Å². The van der Waals surface area contributed by atoms with Crippen LogP contribution in [-0.4, -0.2) is 82.0 Å². The van der Waals surface area contributed by atoms with Crippen LogP contribution in [0.15, 0.2) is 47.6 Å². The first-order valence-corrected chi connectivity index (χ1v) is 11.5. The number of halogens is 1.